The lowest BCUT2D eigenvalue weighted by Gasteiger charge is -2.06. The van der Waals surface area contributed by atoms with Gasteiger partial charge in [0.25, 0.3) is 0 Å². The zero-order valence-electron chi connectivity index (χ0n) is 17.2. The normalized spacial score (nSPS) is 10.5. The summed E-state index contributed by atoms with van der Waals surface area (Å²) in [5, 5.41) is 0. The van der Waals surface area contributed by atoms with Crippen LogP contribution in [0, 0.1) is 0 Å². The van der Waals surface area contributed by atoms with Crippen LogP contribution >= 0.6 is 0 Å². The predicted molar refractivity (Wildman–Crippen MR) is 107 cm³/mol. The molecular formula is C22H40O4. The van der Waals surface area contributed by atoms with Gasteiger partial charge in [0.15, 0.2) is 0 Å². The third-order valence-corrected chi connectivity index (χ3v) is 4.31. The molecule has 152 valence electrons. The van der Waals surface area contributed by atoms with Crippen molar-refractivity contribution in [2.75, 3.05) is 13.2 Å². The number of hydrogen-bond acceptors (Lipinski definition) is 4. The average Bonchev–Trinajstić information content (AvgIpc) is 2.60. The number of unbranched alkanes of at least 4 members (excludes halogenated alkanes) is 9. The summed E-state index contributed by atoms with van der Waals surface area (Å²) in [4.78, 5) is 23.1. The van der Waals surface area contributed by atoms with E-state index in [-0.39, 0.29) is 11.9 Å². The molecule has 0 aliphatic heterocycles. The lowest BCUT2D eigenvalue weighted by atomic mass is 10.1. The van der Waals surface area contributed by atoms with E-state index in [9.17, 15) is 9.59 Å². The number of ether oxygens (including phenoxy) is 2. The highest BCUT2D eigenvalue weighted by Crippen LogP contribution is 2.10. The molecule has 0 spiro atoms. The van der Waals surface area contributed by atoms with Crippen LogP contribution in [0.5, 0.6) is 0 Å². The molecule has 0 bridgehead atoms. The first-order valence-corrected chi connectivity index (χ1v) is 10.5. The summed E-state index contributed by atoms with van der Waals surface area (Å²) in [6, 6.07) is 0. The lowest BCUT2D eigenvalue weighted by Crippen LogP contribution is -2.08. The van der Waals surface area contributed by atoms with Gasteiger partial charge in [-0.2, -0.15) is 0 Å². The fraction of sp³-hybridized carbons (Fsp3) is 0.818. The van der Waals surface area contributed by atoms with Crippen molar-refractivity contribution in [2.45, 2.75) is 104 Å². The van der Waals surface area contributed by atoms with Crippen molar-refractivity contribution in [3.05, 3.63) is 12.2 Å². The van der Waals surface area contributed by atoms with E-state index in [4.69, 9.17) is 9.47 Å². The van der Waals surface area contributed by atoms with Gasteiger partial charge >= 0.3 is 11.9 Å². The van der Waals surface area contributed by atoms with Crippen molar-refractivity contribution in [1.29, 1.82) is 0 Å². The minimum absolute atomic E-state index is 0.153. The summed E-state index contributed by atoms with van der Waals surface area (Å²) >= 11 is 0. The Kier molecular flexibility index (Phi) is 17.5. The van der Waals surface area contributed by atoms with Crippen LogP contribution in [0.2, 0.25) is 0 Å². The topological polar surface area (TPSA) is 52.6 Å². The van der Waals surface area contributed by atoms with Crippen molar-refractivity contribution in [2.24, 2.45) is 0 Å². The van der Waals surface area contributed by atoms with E-state index in [2.05, 4.69) is 13.5 Å². The first-order valence-electron chi connectivity index (χ1n) is 10.5. The Morgan fingerprint density at radius 3 is 1.62 bits per heavy atom. The van der Waals surface area contributed by atoms with Crippen LogP contribution in [0.1, 0.15) is 104 Å². The van der Waals surface area contributed by atoms with Gasteiger partial charge in [0.2, 0.25) is 0 Å². The van der Waals surface area contributed by atoms with Crippen LogP contribution in [0.3, 0.4) is 0 Å². The molecule has 0 atom stereocenters. The van der Waals surface area contributed by atoms with E-state index < -0.39 is 0 Å². The van der Waals surface area contributed by atoms with Crippen LogP contribution in [-0.2, 0) is 19.1 Å². The smallest absolute Gasteiger partial charge is 0.305 e. The molecule has 0 rings (SSSR count). The van der Waals surface area contributed by atoms with Gasteiger partial charge in [-0.05, 0) is 26.2 Å². The summed E-state index contributed by atoms with van der Waals surface area (Å²) < 4.78 is 10.3. The Bertz CT molecular complexity index is 376. The largest absolute Gasteiger partial charge is 0.466 e. The molecule has 0 saturated carbocycles. The van der Waals surface area contributed by atoms with Gasteiger partial charge in [0.05, 0.1) is 13.2 Å². The first-order chi connectivity index (χ1) is 12.6. The van der Waals surface area contributed by atoms with Gasteiger partial charge < -0.3 is 9.47 Å². The van der Waals surface area contributed by atoms with E-state index >= 15 is 0 Å². The molecule has 0 N–H and O–H groups in total. The molecule has 0 aliphatic carbocycles. The molecule has 0 aliphatic rings. The molecule has 0 unspecified atom stereocenters. The van der Waals surface area contributed by atoms with Crippen LogP contribution in [0.25, 0.3) is 0 Å². The van der Waals surface area contributed by atoms with E-state index in [1.165, 1.54) is 44.9 Å². The number of carbonyl (C=O) groups is 2. The molecule has 0 fully saturated rings. The minimum atomic E-state index is -0.200. The maximum Gasteiger partial charge on any atom is 0.305 e. The molecule has 0 radical (unpaired) electrons. The maximum atomic E-state index is 11.6. The molecule has 0 aromatic carbocycles. The molecule has 0 aromatic rings. The predicted octanol–water partition coefficient (Wildman–Crippen LogP) is 6.13. The lowest BCUT2D eigenvalue weighted by molar-refractivity contribution is -0.146. The fourth-order valence-corrected chi connectivity index (χ4v) is 2.62. The highest BCUT2D eigenvalue weighted by atomic mass is 16.5. The van der Waals surface area contributed by atoms with Gasteiger partial charge in [0.1, 0.15) is 0 Å². The van der Waals surface area contributed by atoms with Crippen LogP contribution in [0.15, 0.2) is 12.2 Å². The molecular weight excluding hydrogens is 328 g/mol. The van der Waals surface area contributed by atoms with Crippen molar-refractivity contribution in [1.82, 2.24) is 0 Å². The van der Waals surface area contributed by atoms with Crippen molar-refractivity contribution < 1.29 is 19.1 Å². The van der Waals surface area contributed by atoms with Gasteiger partial charge in [-0.3, -0.25) is 9.59 Å². The Morgan fingerprint density at radius 2 is 1.12 bits per heavy atom. The second-order valence-electron chi connectivity index (χ2n) is 7.18. The van der Waals surface area contributed by atoms with E-state index in [1.807, 2.05) is 6.92 Å². The number of rotatable bonds is 18. The average molecular weight is 369 g/mol. The minimum Gasteiger partial charge on any atom is -0.466 e. The second kappa shape index (κ2) is 18.5. The summed E-state index contributed by atoms with van der Waals surface area (Å²) in [7, 11) is 0. The number of esters is 2. The Labute approximate surface area is 160 Å². The van der Waals surface area contributed by atoms with Crippen LogP contribution in [-0.4, -0.2) is 25.2 Å². The molecule has 4 heteroatoms. The zero-order valence-corrected chi connectivity index (χ0v) is 17.2. The summed E-state index contributed by atoms with van der Waals surface area (Å²) in [6.07, 6.45) is 14.1. The van der Waals surface area contributed by atoms with Gasteiger partial charge in [-0.1, -0.05) is 63.9 Å². The summed E-state index contributed by atoms with van der Waals surface area (Å²) in [5.74, 6) is -0.352. The monoisotopic (exact) mass is 368 g/mol. The van der Waals surface area contributed by atoms with Crippen molar-refractivity contribution in [3.63, 3.8) is 0 Å². The van der Waals surface area contributed by atoms with Crippen molar-refractivity contribution in [3.8, 4) is 0 Å². The van der Waals surface area contributed by atoms with Crippen LogP contribution < -0.4 is 0 Å². The highest BCUT2D eigenvalue weighted by molar-refractivity contribution is 5.70. The number of carbonyl (C=O) groups excluding carboxylic acids is 2. The van der Waals surface area contributed by atoms with Gasteiger partial charge in [0, 0.05) is 19.3 Å². The Morgan fingerprint density at radius 1 is 0.654 bits per heavy atom. The third-order valence-electron chi connectivity index (χ3n) is 4.31. The first kappa shape index (κ1) is 24.7. The molecule has 26 heavy (non-hydrogen) atoms. The van der Waals surface area contributed by atoms with Gasteiger partial charge in [-0.15, -0.1) is 6.58 Å². The third kappa shape index (κ3) is 19.0. The molecule has 0 saturated heterocycles. The Hall–Kier alpha value is -1.32. The molecule has 4 nitrogen and oxygen atoms in total. The van der Waals surface area contributed by atoms with E-state index in [0.717, 1.165) is 18.4 Å². The zero-order chi connectivity index (χ0) is 19.5. The standard InChI is InChI=1S/C22H40O4/c1-4-5-6-7-8-9-10-11-14-18-25-21(23)15-12-13-16-22(24)26-19-17-20(2)3/h2,4-19H2,1,3H3. The summed E-state index contributed by atoms with van der Waals surface area (Å²) in [6.45, 7) is 8.83. The van der Waals surface area contributed by atoms with E-state index in [0.29, 0.717) is 45.3 Å². The molecule has 0 amide bonds. The van der Waals surface area contributed by atoms with Crippen LogP contribution in [0.4, 0.5) is 0 Å². The van der Waals surface area contributed by atoms with E-state index in [1.54, 1.807) is 0 Å². The van der Waals surface area contributed by atoms with Gasteiger partial charge in [-0.25, -0.2) is 0 Å². The summed E-state index contributed by atoms with van der Waals surface area (Å²) in [5.41, 5.74) is 1.01. The quantitative estimate of drug-likeness (QED) is 0.166. The molecule has 0 heterocycles. The Balaban J connectivity index is 3.31. The SMILES string of the molecule is C=C(C)CCOC(=O)CCCCC(=O)OCCCCCCCCCCC. The fourth-order valence-electron chi connectivity index (χ4n) is 2.62. The highest BCUT2D eigenvalue weighted by Gasteiger charge is 2.06. The maximum absolute atomic E-state index is 11.6. The second-order valence-corrected chi connectivity index (χ2v) is 7.18. The molecule has 0 aromatic heterocycles. The van der Waals surface area contributed by atoms with Crippen molar-refractivity contribution >= 4 is 11.9 Å². The number of hydrogen-bond donors (Lipinski definition) is 0.